The molecule has 3 heteroatoms. The molecule has 1 atom stereocenters. The number of rotatable bonds is 6. The molecule has 0 radical (unpaired) electrons. The van der Waals surface area contributed by atoms with Crippen LogP contribution in [0, 0.1) is 6.92 Å². The predicted molar refractivity (Wildman–Crippen MR) is 86.5 cm³/mol. The number of hydrogen-bond donors (Lipinski definition) is 1. The van der Waals surface area contributed by atoms with Gasteiger partial charge in [-0.1, -0.05) is 24.3 Å². The molecule has 3 rings (SSSR count). The summed E-state index contributed by atoms with van der Waals surface area (Å²) >= 11 is 0. The van der Waals surface area contributed by atoms with Crippen LogP contribution in [0.1, 0.15) is 36.2 Å². The number of aromatic nitrogens is 2. The van der Waals surface area contributed by atoms with E-state index in [1.807, 2.05) is 6.20 Å². The summed E-state index contributed by atoms with van der Waals surface area (Å²) in [5, 5.41) is 3.73. The molecule has 2 aromatic rings. The van der Waals surface area contributed by atoms with Crippen molar-refractivity contribution in [2.75, 3.05) is 6.54 Å². The van der Waals surface area contributed by atoms with Gasteiger partial charge < -0.3 is 9.88 Å². The second kappa shape index (κ2) is 6.90. The third-order valence-electron chi connectivity index (χ3n) is 4.53. The summed E-state index contributed by atoms with van der Waals surface area (Å²) in [6.07, 6.45) is 10.1. The van der Waals surface area contributed by atoms with E-state index in [2.05, 4.69) is 52.3 Å². The molecule has 1 aliphatic rings. The summed E-state index contributed by atoms with van der Waals surface area (Å²) in [7, 11) is 0. The lowest BCUT2D eigenvalue weighted by molar-refractivity contribution is 0.444. The summed E-state index contributed by atoms with van der Waals surface area (Å²) in [6, 6.07) is 9.54. The molecule has 0 spiro atoms. The van der Waals surface area contributed by atoms with E-state index in [0.29, 0.717) is 6.04 Å². The Morgan fingerprint density at radius 1 is 1.24 bits per heavy atom. The minimum Gasteiger partial charge on any atom is -0.335 e. The normalized spacial score (nSPS) is 17.7. The Morgan fingerprint density at radius 2 is 2.10 bits per heavy atom. The van der Waals surface area contributed by atoms with Crippen molar-refractivity contribution in [3.05, 3.63) is 53.6 Å². The van der Waals surface area contributed by atoms with E-state index in [1.165, 1.54) is 37.7 Å². The third-order valence-corrected chi connectivity index (χ3v) is 4.53. The molecule has 1 aromatic carbocycles. The van der Waals surface area contributed by atoms with Gasteiger partial charge in [-0.2, -0.15) is 0 Å². The van der Waals surface area contributed by atoms with Gasteiger partial charge in [0, 0.05) is 25.0 Å². The van der Waals surface area contributed by atoms with E-state index in [1.54, 1.807) is 5.56 Å². The smallest absolute Gasteiger partial charge is 0.105 e. The summed E-state index contributed by atoms with van der Waals surface area (Å²) in [5.41, 5.74) is 3.08. The number of unbranched alkanes of at least 4 members (excludes halogenated alkanes) is 1. The molecule has 1 aromatic heterocycles. The number of imidazole rings is 1. The molecular weight excluding hydrogens is 258 g/mol. The van der Waals surface area contributed by atoms with Gasteiger partial charge in [0.25, 0.3) is 0 Å². The monoisotopic (exact) mass is 283 g/mol. The van der Waals surface area contributed by atoms with Crippen molar-refractivity contribution in [1.82, 2.24) is 14.9 Å². The fourth-order valence-electron chi connectivity index (χ4n) is 3.23. The second-order valence-electron chi connectivity index (χ2n) is 6.04. The zero-order chi connectivity index (χ0) is 14.5. The highest BCUT2D eigenvalue weighted by Crippen LogP contribution is 2.20. The van der Waals surface area contributed by atoms with E-state index in [4.69, 9.17) is 0 Å². The third kappa shape index (κ3) is 3.73. The Bertz CT molecular complexity index is 573. The maximum Gasteiger partial charge on any atom is 0.105 e. The highest BCUT2D eigenvalue weighted by Gasteiger charge is 2.16. The van der Waals surface area contributed by atoms with E-state index >= 15 is 0 Å². The highest BCUT2D eigenvalue weighted by molar-refractivity contribution is 5.30. The van der Waals surface area contributed by atoms with Gasteiger partial charge in [0.05, 0.1) is 0 Å². The van der Waals surface area contributed by atoms with Crippen molar-refractivity contribution in [2.45, 2.75) is 51.6 Å². The van der Waals surface area contributed by atoms with Crippen LogP contribution in [0.3, 0.4) is 0 Å². The van der Waals surface area contributed by atoms with Crippen LogP contribution >= 0.6 is 0 Å². The maximum absolute atomic E-state index is 4.26. The quantitative estimate of drug-likeness (QED) is 0.826. The summed E-state index contributed by atoms with van der Waals surface area (Å²) in [6.45, 7) is 4.28. The van der Waals surface area contributed by atoms with Crippen LogP contribution in [0.4, 0.5) is 0 Å². The van der Waals surface area contributed by atoms with E-state index < -0.39 is 0 Å². The molecule has 21 heavy (non-hydrogen) atoms. The minimum absolute atomic E-state index is 0.662. The summed E-state index contributed by atoms with van der Waals surface area (Å²) in [5.74, 6) is 1.12. The standard InChI is InChI=1S/C18H25N3/c1-15-19-11-13-21(15)12-5-4-10-20-18-9-8-16-6-2-3-7-17(16)14-18/h2-3,6-7,11,13,18,20H,4-5,8-10,12,14H2,1H3/t18-/m0/s1. The first kappa shape index (κ1) is 14.3. The van der Waals surface area contributed by atoms with Gasteiger partial charge in [-0.15, -0.1) is 0 Å². The summed E-state index contributed by atoms with van der Waals surface area (Å²) in [4.78, 5) is 4.26. The number of benzene rings is 1. The Balaban J connectivity index is 1.36. The highest BCUT2D eigenvalue weighted by atomic mass is 15.0. The van der Waals surface area contributed by atoms with Crippen LogP contribution in [0.2, 0.25) is 0 Å². The van der Waals surface area contributed by atoms with Crippen molar-refractivity contribution >= 4 is 0 Å². The van der Waals surface area contributed by atoms with Gasteiger partial charge in [0.1, 0.15) is 5.82 Å². The van der Waals surface area contributed by atoms with Crippen LogP contribution in [-0.4, -0.2) is 22.1 Å². The molecule has 0 saturated heterocycles. The molecule has 0 saturated carbocycles. The van der Waals surface area contributed by atoms with Gasteiger partial charge in [-0.25, -0.2) is 4.98 Å². The number of nitrogens with zero attached hydrogens (tertiary/aromatic N) is 2. The molecule has 0 bridgehead atoms. The van der Waals surface area contributed by atoms with E-state index in [0.717, 1.165) is 18.9 Å². The SMILES string of the molecule is Cc1nccn1CCCCN[C@H]1CCc2ccccc2C1. The maximum atomic E-state index is 4.26. The fraction of sp³-hybridized carbons (Fsp3) is 0.500. The molecule has 0 amide bonds. The van der Waals surface area contributed by atoms with Crippen LogP contribution in [-0.2, 0) is 19.4 Å². The number of fused-ring (bicyclic) bond motifs is 1. The van der Waals surface area contributed by atoms with Crippen molar-refractivity contribution in [1.29, 1.82) is 0 Å². The van der Waals surface area contributed by atoms with Gasteiger partial charge in [-0.3, -0.25) is 0 Å². The van der Waals surface area contributed by atoms with Crippen LogP contribution in [0.25, 0.3) is 0 Å². The van der Waals surface area contributed by atoms with Gasteiger partial charge in [0.2, 0.25) is 0 Å². The van der Waals surface area contributed by atoms with Gasteiger partial charge in [-0.05, 0) is 56.7 Å². The fourth-order valence-corrected chi connectivity index (χ4v) is 3.23. The zero-order valence-electron chi connectivity index (χ0n) is 12.9. The average Bonchev–Trinajstić information content (AvgIpc) is 2.92. The molecule has 0 aliphatic heterocycles. The van der Waals surface area contributed by atoms with Crippen molar-refractivity contribution in [2.24, 2.45) is 0 Å². The first-order valence-corrected chi connectivity index (χ1v) is 8.11. The molecule has 0 fully saturated rings. The predicted octanol–water partition coefficient (Wildman–Crippen LogP) is 3.12. The topological polar surface area (TPSA) is 29.9 Å². The number of hydrogen-bond acceptors (Lipinski definition) is 2. The number of nitrogens with one attached hydrogen (secondary N) is 1. The lowest BCUT2D eigenvalue weighted by Gasteiger charge is -2.25. The Kier molecular flexibility index (Phi) is 4.71. The average molecular weight is 283 g/mol. The molecular formula is C18H25N3. The lowest BCUT2D eigenvalue weighted by atomic mass is 9.88. The first-order valence-electron chi connectivity index (χ1n) is 8.11. The first-order chi connectivity index (χ1) is 10.3. The zero-order valence-corrected chi connectivity index (χ0v) is 12.9. The van der Waals surface area contributed by atoms with Crippen LogP contribution in [0.5, 0.6) is 0 Å². The Morgan fingerprint density at radius 3 is 2.90 bits per heavy atom. The van der Waals surface area contributed by atoms with Crippen LogP contribution < -0.4 is 5.32 Å². The largest absolute Gasteiger partial charge is 0.335 e. The Hall–Kier alpha value is -1.61. The molecule has 0 unspecified atom stereocenters. The van der Waals surface area contributed by atoms with Crippen molar-refractivity contribution < 1.29 is 0 Å². The molecule has 1 heterocycles. The second-order valence-corrected chi connectivity index (χ2v) is 6.04. The molecule has 3 nitrogen and oxygen atoms in total. The molecule has 112 valence electrons. The Labute approximate surface area is 127 Å². The van der Waals surface area contributed by atoms with E-state index in [9.17, 15) is 0 Å². The van der Waals surface area contributed by atoms with Crippen LogP contribution in [0.15, 0.2) is 36.7 Å². The van der Waals surface area contributed by atoms with E-state index in [-0.39, 0.29) is 0 Å². The van der Waals surface area contributed by atoms with Gasteiger partial charge >= 0.3 is 0 Å². The lowest BCUT2D eigenvalue weighted by Crippen LogP contribution is -2.35. The molecule has 1 aliphatic carbocycles. The number of aryl methyl sites for hydroxylation is 3. The van der Waals surface area contributed by atoms with Crippen molar-refractivity contribution in [3.8, 4) is 0 Å². The summed E-state index contributed by atoms with van der Waals surface area (Å²) < 4.78 is 2.23. The minimum atomic E-state index is 0.662. The van der Waals surface area contributed by atoms with Gasteiger partial charge in [0.15, 0.2) is 0 Å². The van der Waals surface area contributed by atoms with Crippen molar-refractivity contribution in [3.63, 3.8) is 0 Å². The molecule has 1 N–H and O–H groups in total.